The first-order valence-corrected chi connectivity index (χ1v) is 9.17. The first kappa shape index (κ1) is 18.7. The monoisotopic (exact) mass is 344 g/mol. The van der Waals surface area contributed by atoms with E-state index in [0.29, 0.717) is 11.5 Å². The Labute approximate surface area is 150 Å². The SMILES string of the molecule is CC.Cc1ccc(-c2ccc(C3C=CC(C)CC3)c(F)c2Cl)cc1. The van der Waals surface area contributed by atoms with Crippen LogP contribution in [0.3, 0.4) is 0 Å². The molecule has 0 bridgehead atoms. The number of benzene rings is 2. The highest BCUT2D eigenvalue weighted by atomic mass is 35.5. The zero-order chi connectivity index (χ0) is 17.7. The predicted molar refractivity (Wildman–Crippen MR) is 103 cm³/mol. The molecule has 0 fully saturated rings. The summed E-state index contributed by atoms with van der Waals surface area (Å²) in [5.74, 6) is 0.450. The van der Waals surface area contributed by atoms with Crippen LogP contribution in [0, 0.1) is 18.7 Å². The van der Waals surface area contributed by atoms with Gasteiger partial charge in [-0.25, -0.2) is 4.39 Å². The fourth-order valence-corrected chi connectivity index (χ4v) is 3.31. The first-order chi connectivity index (χ1) is 11.6. The minimum absolute atomic E-state index is 0.140. The summed E-state index contributed by atoms with van der Waals surface area (Å²) < 4.78 is 14.7. The second kappa shape index (κ2) is 8.48. The normalized spacial score (nSPS) is 19.6. The van der Waals surface area contributed by atoms with E-state index in [2.05, 4.69) is 19.1 Å². The molecule has 0 nitrogen and oxygen atoms in total. The third-order valence-corrected chi connectivity index (χ3v) is 4.85. The fourth-order valence-electron chi connectivity index (χ4n) is 3.02. The van der Waals surface area contributed by atoms with Crippen LogP contribution in [0.2, 0.25) is 5.02 Å². The number of allylic oxidation sites excluding steroid dienone is 2. The average Bonchev–Trinajstić information content (AvgIpc) is 2.61. The van der Waals surface area contributed by atoms with E-state index < -0.39 is 0 Å². The van der Waals surface area contributed by atoms with Gasteiger partial charge in [0.05, 0.1) is 5.02 Å². The van der Waals surface area contributed by atoms with Crippen LogP contribution in [0.1, 0.15) is 50.7 Å². The van der Waals surface area contributed by atoms with E-state index >= 15 is 0 Å². The van der Waals surface area contributed by atoms with Crippen molar-refractivity contribution < 1.29 is 4.39 Å². The summed E-state index contributed by atoms with van der Waals surface area (Å²) in [6, 6.07) is 11.8. The van der Waals surface area contributed by atoms with Crippen LogP contribution >= 0.6 is 11.6 Å². The highest BCUT2D eigenvalue weighted by Gasteiger charge is 2.21. The predicted octanol–water partition coefficient (Wildman–Crippen LogP) is 7.55. The summed E-state index contributed by atoms with van der Waals surface area (Å²) in [6.45, 7) is 8.22. The molecule has 0 saturated heterocycles. The lowest BCUT2D eigenvalue weighted by Gasteiger charge is -2.22. The van der Waals surface area contributed by atoms with Crippen LogP contribution in [0.5, 0.6) is 0 Å². The standard InChI is InChI=1S/C20H20ClF.C2H6/c1-13-3-7-15(8-4-13)17-11-12-18(20(22)19(17)21)16-9-5-14(2)6-10-16;1-2/h3-5,7-9,11-12,14,16H,6,10H2,1-2H3;1-2H3. The Morgan fingerprint density at radius 1 is 0.958 bits per heavy atom. The van der Waals surface area contributed by atoms with Gasteiger partial charge in [0, 0.05) is 11.5 Å². The average molecular weight is 345 g/mol. The van der Waals surface area contributed by atoms with E-state index in [4.69, 9.17) is 11.6 Å². The van der Waals surface area contributed by atoms with Crippen LogP contribution in [0.15, 0.2) is 48.6 Å². The van der Waals surface area contributed by atoms with Crippen molar-refractivity contribution in [1.82, 2.24) is 0 Å². The molecule has 0 heterocycles. The molecule has 0 N–H and O–H groups in total. The van der Waals surface area contributed by atoms with Gasteiger partial charge in [0.25, 0.3) is 0 Å². The number of hydrogen-bond acceptors (Lipinski definition) is 0. The lowest BCUT2D eigenvalue weighted by molar-refractivity contribution is 0.524. The van der Waals surface area contributed by atoms with Gasteiger partial charge in [-0.15, -0.1) is 0 Å². The molecule has 0 saturated carbocycles. The van der Waals surface area contributed by atoms with E-state index in [-0.39, 0.29) is 16.8 Å². The zero-order valence-corrected chi connectivity index (χ0v) is 15.7. The van der Waals surface area contributed by atoms with Crippen LogP contribution in [-0.2, 0) is 0 Å². The highest BCUT2D eigenvalue weighted by molar-refractivity contribution is 6.33. The highest BCUT2D eigenvalue weighted by Crippen LogP contribution is 2.38. The Bertz CT molecular complexity index is 701. The molecule has 0 amide bonds. The van der Waals surface area contributed by atoms with Crippen molar-refractivity contribution in [2.24, 2.45) is 5.92 Å². The molecular formula is C22H26ClF. The molecule has 0 spiro atoms. The maximum absolute atomic E-state index is 14.7. The van der Waals surface area contributed by atoms with Gasteiger partial charge in [0.2, 0.25) is 0 Å². The third-order valence-electron chi connectivity index (χ3n) is 4.48. The van der Waals surface area contributed by atoms with Crippen LogP contribution < -0.4 is 0 Å². The van der Waals surface area contributed by atoms with Crippen molar-refractivity contribution in [3.8, 4) is 11.1 Å². The molecule has 0 aromatic heterocycles. The van der Waals surface area contributed by atoms with E-state index in [1.165, 1.54) is 5.56 Å². The molecule has 0 radical (unpaired) electrons. The van der Waals surface area contributed by atoms with Gasteiger partial charge in [-0.2, -0.15) is 0 Å². The first-order valence-electron chi connectivity index (χ1n) is 8.79. The Hall–Kier alpha value is -1.60. The number of hydrogen-bond donors (Lipinski definition) is 0. The lowest BCUT2D eigenvalue weighted by Crippen LogP contribution is -2.07. The van der Waals surface area contributed by atoms with E-state index in [1.807, 2.05) is 57.2 Å². The Morgan fingerprint density at radius 2 is 1.62 bits per heavy atom. The number of halogens is 2. The van der Waals surface area contributed by atoms with Gasteiger partial charge in [0.1, 0.15) is 5.82 Å². The summed E-state index contributed by atoms with van der Waals surface area (Å²) in [5, 5.41) is 0.230. The third kappa shape index (κ3) is 4.08. The van der Waals surface area contributed by atoms with Crippen molar-refractivity contribution >= 4 is 11.6 Å². The van der Waals surface area contributed by atoms with Crippen molar-refractivity contribution in [3.63, 3.8) is 0 Å². The van der Waals surface area contributed by atoms with E-state index in [0.717, 1.165) is 24.0 Å². The largest absolute Gasteiger partial charge is 0.205 e. The minimum Gasteiger partial charge on any atom is -0.205 e. The summed E-state index contributed by atoms with van der Waals surface area (Å²) >= 11 is 6.32. The van der Waals surface area contributed by atoms with Gasteiger partial charge < -0.3 is 0 Å². The summed E-state index contributed by atoms with van der Waals surface area (Å²) in [5.41, 5.74) is 3.60. The fraction of sp³-hybridized carbons (Fsp3) is 0.364. The van der Waals surface area contributed by atoms with Gasteiger partial charge in [-0.05, 0) is 36.8 Å². The number of rotatable bonds is 2. The maximum Gasteiger partial charge on any atom is 0.146 e. The second-order valence-electron chi connectivity index (χ2n) is 6.24. The smallest absolute Gasteiger partial charge is 0.146 e. The maximum atomic E-state index is 14.7. The van der Waals surface area contributed by atoms with Crippen molar-refractivity contribution in [3.05, 3.63) is 70.5 Å². The van der Waals surface area contributed by atoms with Gasteiger partial charge >= 0.3 is 0 Å². The zero-order valence-electron chi connectivity index (χ0n) is 14.9. The molecule has 24 heavy (non-hydrogen) atoms. The van der Waals surface area contributed by atoms with Crippen molar-refractivity contribution in [2.45, 2.75) is 46.5 Å². The van der Waals surface area contributed by atoms with Gasteiger partial charge in [0.15, 0.2) is 0 Å². The lowest BCUT2D eigenvalue weighted by atomic mass is 9.84. The van der Waals surface area contributed by atoms with Crippen LogP contribution in [0.4, 0.5) is 4.39 Å². The summed E-state index contributed by atoms with van der Waals surface area (Å²) in [4.78, 5) is 0. The molecular weight excluding hydrogens is 319 g/mol. The molecule has 3 rings (SSSR count). The summed E-state index contributed by atoms with van der Waals surface area (Å²) in [6.07, 6.45) is 6.37. The molecule has 2 heteroatoms. The van der Waals surface area contributed by atoms with Crippen LogP contribution in [-0.4, -0.2) is 0 Å². The second-order valence-corrected chi connectivity index (χ2v) is 6.62. The molecule has 0 aliphatic heterocycles. The molecule has 1 aliphatic carbocycles. The summed E-state index contributed by atoms with van der Waals surface area (Å²) in [7, 11) is 0. The quantitative estimate of drug-likeness (QED) is 0.493. The minimum atomic E-state index is -0.274. The molecule has 2 aromatic rings. The molecule has 2 atom stereocenters. The molecule has 2 aromatic carbocycles. The van der Waals surface area contributed by atoms with Crippen molar-refractivity contribution in [2.75, 3.05) is 0 Å². The van der Waals surface area contributed by atoms with Crippen molar-refractivity contribution in [1.29, 1.82) is 0 Å². The number of aryl methyl sites for hydroxylation is 1. The van der Waals surface area contributed by atoms with Gasteiger partial charge in [-0.1, -0.05) is 86.5 Å². The molecule has 128 valence electrons. The Morgan fingerprint density at radius 3 is 2.21 bits per heavy atom. The Balaban J connectivity index is 0.00000100. The topological polar surface area (TPSA) is 0 Å². The van der Waals surface area contributed by atoms with E-state index in [9.17, 15) is 4.39 Å². The van der Waals surface area contributed by atoms with Crippen LogP contribution in [0.25, 0.3) is 11.1 Å². The van der Waals surface area contributed by atoms with Gasteiger partial charge in [-0.3, -0.25) is 0 Å². The Kier molecular flexibility index (Phi) is 6.62. The molecule has 1 aliphatic rings. The molecule has 2 unspecified atom stereocenters. The van der Waals surface area contributed by atoms with E-state index in [1.54, 1.807) is 0 Å².